The van der Waals surface area contributed by atoms with E-state index in [9.17, 15) is 5.11 Å². The first-order valence-electron chi connectivity index (χ1n) is 5.86. The lowest BCUT2D eigenvalue weighted by Gasteiger charge is -2.37. The Bertz CT molecular complexity index is 395. The summed E-state index contributed by atoms with van der Waals surface area (Å²) in [4.78, 5) is 4.08. The van der Waals surface area contributed by atoms with Crippen LogP contribution in [0, 0.1) is 0 Å². The number of nitrogen functional groups attached to an aromatic ring is 1. The van der Waals surface area contributed by atoms with Gasteiger partial charge < -0.3 is 16.2 Å². The van der Waals surface area contributed by atoms with Crippen LogP contribution in [0.4, 0.5) is 5.69 Å². The number of hydrogen-bond acceptors (Lipinski definition) is 4. The van der Waals surface area contributed by atoms with Crippen molar-refractivity contribution in [2.45, 2.75) is 43.4 Å². The monoisotopic (exact) mass is 219 g/mol. The Balaban J connectivity index is 1.96. The number of nitrogens with one attached hydrogen (secondary N) is 1. The van der Waals surface area contributed by atoms with Crippen LogP contribution in [0.25, 0.3) is 0 Å². The Morgan fingerprint density at radius 2 is 2.06 bits per heavy atom. The second kappa shape index (κ2) is 3.43. The van der Waals surface area contributed by atoms with Crippen molar-refractivity contribution < 1.29 is 5.11 Å². The molecule has 2 aliphatic heterocycles. The molecule has 0 saturated carbocycles. The summed E-state index contributed by atoms with van der Waals surface area (Å²) in [6.45, 7) is 0. The Hall–Kier alpha value is -1.13. The highest BCUT2D eigenvalue weighted by molar-refractivity contribution is 5.48. The number of hydrogen-bond donors (Lipinski definition) is 3. The SMILES string of the molecule is Nc1ccncc1C1(O)CC2CCC(C1)N2. The molecule has 1 aromatic heterocycles. The molecule has 1 aromatic rings. The van der Waals surface area contributed by atoms with Gasteiger partial charge in [-0.2, -0.15) is 0 Å². The van der Waals surface area contributed by atoms with E-state index in [1.54, 1.807) is 18.5 Å². The highest BCUT2D eigenvalue weighted by atomic mass is 16.3. The maximum Gasteiger partial charge on any atom is 0.0961 e. The summed E-state index contributed by atoms with van der Waals surface area (Å²) >= 11 is 0. The predicted octanol–water partition coefficient (Wildman–Crippen LogP) is 0.766. The number of aromatic nitrogens is 1. The maximum atomic E-state index is 10.7. The third-order valence-corrected chi connectivity index (χ3v) is 3.86. The molecule has 2 aliphatic rings. The third kappa shape index (κ3) is 1.49. The number of fused-ring (bicyclic) bond motifs is 2. The molecule has 0 radical (unpaired) electrons. The molecule has 2 atom stereocenters. The molecule has 3 rings (SSSR count). The molecular formula is C12H17N3O. The van der Waals surface area contributed by atoms with Gasteiger partial charge in [0.25, 0.3) is 0 Å². The zero-order valence-electron chi connectivity index (χ0n) is 9.19. The molecule has 0 aromatic carbocycles. The summed E-state index contributed by atoms with van der Waals surface area (Å²) in [5.74, 6) is 0. The summed E-state index contributed by atoms with van der Waals surface area (Å²) in [5, 5.41) is 14.3. The molecule has 0 spiro atoms. The fraction of sp³-hybridized carbons (Fsp3) is 0.583. The number of aliphatic hydroxyl groups is 1. The van der Waals surface area contributed by atoms with E-state index in [0.717, 1.165) is 31.2 Å². The lowest BCUT2D eigenvalue weighted by atomic mass is 9.81. The van der Waals surface area contributed by atoms with Gasteiger partial charge in [0.1, 0.15) is 0 Å². The Labute approximate surface area is 94.9 Å². The average molecular weight is 219 g/mol. The lowest BCUT2D eigenvalue weighted by molar-refractivity contribution is -0.0110. The molecule has 4 nitrogen and oxygen atoms in total. The van der Waals surface area contributed by atoms with Crippen LogP contribution in [0.2, 0.25) is 0 Å². The molecule has 4 N–H and O–H groups in total. The molecule has 2 unspecified atom stereocenters. The van der Waals surface area contributed by atoms with Crippen molar-refractivity contribution in [3.05, 3.63) is 24.0 Å². The number of pyridine rings is 1. The van der Waals surface area contributed by atoms with E-state index in [-0.39, 0.29) is 0 Å². The number of rotatable bonds is 1. The highest BCUT2D eigenvalue weighted by Gasteiger charge is 2.44. The van der Waals surface area contributed by atoms with Crippen LogP contribution < -0.4 is 11.1 Å². The van der Waals surface area contributed by atoms with Crippen LogP contribution >= 0.6 is 0 Å². The van der Waals surface area contributed by atoms with Crippen LogP contribution in [-0.4, -0.2) is 22.2 Å². The van der Waals surface area contributed by atoms with Gasteiger partial charge in [-0.25, -0.2) is 0 Å². The fourth-order valence-corrected chi connectivity index (χ4v) is 3.14. The molecule has 16 heavy (non-hydrogen) atoms. The van der Waals surface area contributed by atoms with E-state index in [2.05, 4.69) is 10.3 Å². The molecule has 2 fully saturated rings. The predicted molar refractivity (Wildman–Crippen MR) is 61.7 cm³/mol. The minimum Gasteiger partial charge on any atom is -0.398 e. The van der Waals surface area contributed by atoms with E-state index < -0.39 is 5.60 Å². The zero-order chi connectivity index (χ0) is 11.2. The van der Waals surface area contributed by atoms with Crippen LogP contribution in [0.3, 0.4) is 0 Å². The van der Waals surface area contributed by atoms with Gasteiger partial charge in [-0.05, 0) is 31.7 Å². The first kappa shape index (κ1) is 10.1. The molecular weight excluding hydrogens is 202 g/mol. The van der Waals surface area contributed by atoms with Gasteiger partial charge in [-0.15, -0.1) is 0 Å². The van der Waals surface area contributed by atoms with Gasteiger partial charge in [0.15, 0.2) is 0 Å². The average Bonchev–Trinajstić information content (AvgIpc) is 2.59. The minimum absolute atomic E-state index is 0.434. The minimum atomic E-state index is -0.782. The first-order chi connectivity index (χ1) is 7.67. The summed E-state index contributed by atoms with van der Waals surface area (Å²) < 4.78 is 0. The van der Waals surface area contributed by atoms with Crippen LogP contribution in [0.15, 0.2) is 18.5 Å². The number of nitrogens with two attached hydrogens (primary N) is 1. The molecule has 86 valence electrons. The van der Waals surface area contributed by atoms with Gasteiger partial charge in [-0.1, -0.05) is 0 Å². The van der Waals surface area contributed by atoms with Crippen molar-refractivity contribution in [1.29, 1.82) is 0 Å². The van der Waals surface area contributed by atoms with Gasteiger partial charge in [0.2, 0.25) is 0 Å². The van der Waals surface area contributed by atoms with Gasteiger partial charge >= 0.3 is 0 Å². The van der Waals surface area contributed by atoms with E-state index in [4.69, 9.17) is 5.73 Å². The van der Waals surface area contributed by atoms with Crippen molar-refractivity contribution in [2.75, 3.05) is 5.73 Å². The zero-order valence-corrected chi connectivity index (χ0v) is 9.19. The summed E-state index contributed by atoms with van der Waals surface area (Å²) in [6.07, 6.45) is 7.19. The Kier molecular flexibility index (Phi) is 2.16. The molecule has 0 aliphatic carbocycles. The van der Waals surface area contributed by atoms with Crippen molar-refractivity contribution in [3.63, 3.8) is 0 Å². The van der Waals surface area contributed by atoms with Crippen LogP contribution in [0.5, 0.6) is 0 Å². The topological polar surface area (TPSA) is 71.2 Å². The quantitative estimate of drug-likeness (QED) is 0.652. The summed E-state index contributed by atoms with van der Waals surface area (Å²) in [7, 11) is 0. The Morgan fingerprint density at radius 1 is 1.38 bits per heavy atom. The summed E-state index contributed by atoms with van der Waals surface area (Å²) in [5.41, 5.74) is 6.60. The lowest BCUT2D eigenvalue weighted by Crippen LogP contribution is -2.47. The molecule has 2 saturated heterocycles. The van der Waals surface area contributed by atoms with Crippen LogP contribution in [0.1, 0.15) is 31.2 Å². The van der Waals surface area contributed by atoms with Crippen molar-refractivity contribution >= 4 is 5.69 Å². The number of nitrogens with zero attached hydrogens (tertiary/aromatic N) is 1. The second-order valence-corrected chi connectivity index (χ2v) is 5.04. The van der Waals surface area contributed by atoms with Gasteiger partial charge in [0, 0.05) is 35.7 Å². The largest absolute Gasteiger partial charge is 0.398 e. The van der Waals surface area contributed by atoms with E-state index in [1.165, 1.54) is 0 Å². The third-order valence-electron chi connectivity index (χ3n) is 3.86. The standard InChI is InChI=1S/C12H17N3O/c13-11-3-4-14-7-10(11)12(16)5-8-1-2-9(6-12)15-8/h3-4,7-9,15-16H,1-2,5-6H2,(H2,13,14). The molecule has 3 heterocycles. The maximum absolute atomic E-state index is 10.7. The Morgan fingerprint density at radius 3 is 2.69 bits per heavy atom. The van der Waals surface area contributed by atoms with E-state index in [0.29, 0.717) is 17.8 Å². The first-order valence-corrected chi connectivity index (χ1v) is 5.86. The molecule has 4 heteroatoms. The fourth-order valence-electron chi connectivity index (χ4n) is 3.14. The second-order valence-electron chi connectivity index (χ2n) is 5.04. The van der Waals surface area contributed by atoms with Crippen molar-refractivity contribution in [1.82, 2.24) is 10.3 Å². The number of piperidine rings is 1. The summed E-state index contributed by atoms with van der Waals surface area (Å²) in [6, 6.07) is 2.63. The number of anilines is 1. The highest BCUT2D eigenvalue weighted by Crippen LogP contribution is 2.42. The van der Waals surface area contributed by atoms with E-state index >= 15 is 0 Å². The van der Waals surface area contributed by atoms with Crippen molar-refractivity contribution in [3.8, 4) is 0 Å². The molecule has 0 amide bonds. The van der Waals surface area contributed by atoms with E-state index in [1.807, 2.05) is 0 Å². The van der Waals surface area contributed by atoms with Crippen molar-refractivity contribution in [2.24, 2.45) is 0 Å². The van der Waals surface area contributed by atoms with Crippen LogP contribution in [-0.2, 0) is 5.60 Å². The molecule has 2 bridgehead atoms. The van der Waals surface area contributed by atoms with Gasteiger partial charge in [-0.3, -0.25) is 4.98 Å². The smallest absolute Gasteiger partial charge is 0.0961 e. The van der Waals surface area contributed by atoms with Gasteiger partial charge in [0.05, 0.1) is 5.60 Å². The normalized spacial score (nSPS) is 37.6.